The first-order valence-corrected chi connectivity index (χ1v) is 9.04. The van der Waals surface area contributed by atoms with E-state index >= 15 is 0 Å². The predicted molar refractivity (Wildman–Crippen MR) is 106 cm³/mol. The normalized spacial score (nSPS) is 18.1. The molecule has 0 unspecified atom stereocenters. The van der Waals surface area contributed by atoms with E-state index in [0.29, 0.717) is 5.92 Å². The molecule has 0 nitrogen and oxygen atoms in total. The summed E-state index contributed by atoms with van der Waals surface area (Å²) in [4.78, 5) is 0. The summed E-state index contributed by atoms with van der Waals surface area (Å²) < 4.78 is 0. The van der Waals surface area contributed by atoms with Crippen LogP contribution in [-0.4, -0.2) is 0 Å². The summed E-state index contributed by atoms with van der Waals surface area (Å²) in [6.07, 6.45) is 3.54. The van der Waals surface area contributed by atoms with E-state index in [2.05, 4.69) is 91.9 Å². The monoisotopic (exact) mass is 320 g/mol. The fourth-order valence-corrected chi connectivity index (χ4v) is 4.37. The van der Waals surface area contributed by atoms with Crippen LogP contribution in [0.3, 0.4) is 0 Å². The van der Waals surface area contributed by atoms with E-state index in [-0.39, 0.29) is 0 Å². The molecule has 2 aliphatic rings. The second-order valence-electron chi connectivity index (χ2n) is 7.00. The standard InChI is InChI=1S/C25H20/c1-17-15-16-19(18-9-3-2-4-10-18)24(17)25-22-13-7-5-11-20(22)21-12-6-8-14-23(21)25/h2-14,16-17H,15H2,1H3/t17-/m1/s1. The Hall–Kier alpha value is -2.86. The van der Waals surface area contributed by atoms with Gasteiger partial charge in [-0.15, -0.1) is 0 Å². The summed E-state index contributed by atoms with van der Waals surface area (Å²) in [6, 6.07) is 28.5. The van der Waals surface area contributed by atoms with Crippen molar-refractivity contribution < 1.29 is 0 Å². The zero-order chi connectivity index (χ0) is 16.8. The molecule has 25 heavy (non-hydrogen) atoms. The molecule has 0 saturated heterocycles. The molecule has 1 atom stereocenters. The molecule has 120 valence electrons. The molecule has 5 rings (SSSR count). The van der Waals surface area contributed by atoms with Crippen molar-refractivity contribution in [3.63, 3.8) is 0 Å². The second kappa shape index (κ2) is 5.60. The molecule has 0 heteroatoms. The zero-order valence-electron chi connectivity index (χ0n) is 14.4. The van der Waals surface area contributed by atoms with Crippen LogP contribution in [0.15, 0.2) is 90.5 Å². The fraction of sp³-hybridized carbons (Fsp3) is 0.120. The van der Waals surface area contributed by atoms with Crippen LogP contribution in [0, 0.1) is 5.92 Å². The highest BCUT2D eigenvalue weighted by molar-refractivity contribution is 6.07. The molecule has 0 fully saturated rings. The van der Waals surface area contributed by atoms with Crippen LogP contribution >= 0.6 is 0 Å². The van der Waals surface area contributed by atoms with Crippen LogP contribution < -0.4 is 0 Å². The van der Waals surface area contributed by atoms with E-state index in [1.165, 1.54) is 44.5 Å². The van der Waals surface area contributed by atoms with E-state index < -0.39 is 0 Å². The maximum atomic E-state index is 2.42. The van der Waals surface area contributed by atoms with Gasteiger partial charge in [-0.3, -0.25) is 0 Å². The molecular formula is C25H20. The van der Waals surface area contributed by atoms with Crippen molar-refractivity contribution in [3.05, 3.63) is 107 Å². The molecular weight excluding hydrogens is 300 g/mol. The first kappa shape index (κ1) is 14.5. The lowest BCUT2D eigenvalue weighted by Crippen LogP contribution is -1.99. The molecule has 0 radical (unpaired) electrons. The second-order valence-corrected chi connectivity index (χ2v) is 7.00. The smallest absolute Gasteiger partial charge is 0.00579 e. The van der Waals surface area contributed by atoms with Crippen molar-refractivity contribution in [2.24, 2.45) is 5.92 Å². The van der Waals surface area contributed by atoms with Crippen LogP contribution in [0.25, 0.3) is 22.3 Å². The first-order chi connectivity index (χ1) is 12.3. The molecule has 0 spiro atoms. The summed E-state index contributed by atoms with van der Waals surface area (Å²) in [5, 5.41) is 0. The Morgan fingerprint density at radius 1 is 0.640 bits per heavy atom. The number of hydrogen-bond donors (Lipinski definition) is 0. The highest BCUT2D eigenvalue weighted by atomic mass is 14.3. The van der Waals surface area contributed by atoms with Crippen LogP contribution in [0.1, 0.15) is 30.0 Å². The van der Waals surface area contributed by atoms with Crippen LogP contribution in [0.4, 0.5) is 0 Å². The van der Waals surface area contributed by atoms with Gasteiger partial charge in [0, 0.05) is 0 Å². The number of allylic oxidation sites excluding steroid dienone is 3. The summed E-state index contributed by atoms with van der Waals surface area (Å²) >= 11 is 0. The Morgan fingerprint density at radius 2 is 1.16 bits per heavy atom. The van der Waals surface area contributed by atoms with Crippen LogP contribution in [-0.2, 0) is 0 Å². The topological polar surface area (TPSA) is 0 Å². The van der Waals surface area contributed by atoms with Gasteiger partial charge in [-0.05, 0) is 56.9 Å². The minimum Gasteiger partial charge on any atom is -0.0758 e. The van der Waals surface area contributed by atoms with E-state index in [1.807, 2.05) is 0 Å². The van der Waals surface area contributed by atoms with Crippen molar-refractivity contribution >= 4 is 11.1 Å². The zero-order valence-corrected chi connectivity index (χ0v) is 14.4. The molecule has 0 N–H and O–H groups in total. The third-order valence-electron chi connectivity index (χ3n) is 5.50. The summed E-state index contributed by atoms with van der Waals surface area (Å²) in [5.74, 6) is 0.546. The lowest BCUT2D eigenvalue weighted by Gasteiger charge is -2.17. The van der Waals surface area contributed by atoms with Gasteiger partial charge in [-0.1, -0.05) is 91.9 Å². The maximum absolute atomic E-state index is 2.42. The lowest BCUT2D eigenvalue weighted by atomic mass is 9.87. The largest absolute Gasteiger partial charge is 0.0758 e. The van der Waals surface area contributed by atoms with Gasteiger partial charge in [-0.25, -0.2) is 0 Å². The Bertz CT molecular complexity index is 971. The van der Waals surface area contributed by atoms with Gasteiger partial charge in [0.25, 0.3) is 0 Å². The lowest BCUT2D eigenvalue weighted by molar-refractivity contribution is 0.746. The number of fused-ring (bicyclic) bond motifs is 3. The predicted octanol–water partition coefficient (Wildman–Crippen LogP) is 6.59. The molecule has 0 heterocycles. The van der Waals surface area contributed by atoms with Crippen molar-refractivity contribution in [3.8, 4) is 11.1 Å². The number of benzene rings is 3. The molecule has 3 aromatic carbocycles. The molecule has 3 aromatic rings. The highest BCUT2D eigenvalue weighted by Gasteiger charge is 2.31. The van der Waals surface area contributed by atoms with E-state index in [1.54, 1.807) is 0 Å². The average Bonchev–Trinajstić information content (AvgIpc) is 3.20. The third-order valence-corrected chi connectivity index (χ3v) is 5.50. The van der Waals surface area contributed by atoms with Gasteiger partial charge >= 0.3 is 0 Å². The Labute approximate surface area is 149 Å². The van der Waals surface area contributed by atoms with Gasteiger partial charge in [0.2, 0.25) is 0 Å². The van der Waals surface area contributed by atoms with E-state index in [9.17, 15) is 0 Å². The third kappa shape index (κ3) is 2.14. The van der Waals surface area contributed by atoms with E-state index in [0.717, 1.165) is 6.42 Å². The molecule has 0 saturated carbocycles. The van der Waals surface area contributed by atoms with Crippen molar-refractivity contribution in [1.29, 1.82) is 0 Å². The summed E-state index contributed by atoms with van der Waals surface area (Å²) in [5.41, 5.74) is 11.2. The molecule has 0 amide bonds. The number of rotatable bonds is 1. The van der Waals surface area contributed by atoms with Crippen molar-refractivity contribution in [1.82, 2.24) is 0 Å². The minimum atomic E-state index is 0.546. The van der Waals surface area contributed by atoms with Gasteiger partial charge in [-0.2, -0.15) is 0 Å². The van der Waals surface area contributed by atoms with E-state index in [4.69, 9.17) is 0 Å². The van der Waals surface area contributed by atoms with Gasteiger partial charge in [0.1, 0.15) is 0 Å². The quantitative estimate of drug-likeness (QED) is 0.371. The van der Waals surface area contributed by atoms with Crippen LogP contribution in [0.5, 0.6) is 0 Å². The fourth-order valence-electron chi connectivity index (χ4n) is 4.37. The van der Waals surface area contributed by atoms with Gasteiger partial charge in [0.05, 0.1) is 0 Å². The molecule has 0 bridgehead atoms. The maximum Gasteiger partial charge on any atom is -0.00579 e. The Balaban J connectivity index is 1.83. The Kier molecular flexibility index (Phi) is 3.24. The average molecular weight is 320 g/mol. The minimum absolute atomic E-state index is 0.546. The van der Waals surface area contributed by atoms with Gasteiger partial charge < -0.3 is 0 Å². The molecule has 0 aliphatic heterocycles. The van der Waals surface area contributed by atoms with Crippen LogP contribution in [0.2, 0.25) is 0 Å². The van der Waals surface area contributed by atoms with Gasteiger partial charge in [0.15, 0.2) is 0 Å². The first-order valence-electron chi connectivity index (χ1n) is 9.04. The van der Waals surface area contributed by atoms with Crippen molar-refractivity contribution in [2.75, 3.05) is 0 Å². The SMILES string of the molecule is C[C@@H]1CC=C(c2ccccc2)C1=C1c2ccccc2-c2ccccc21. The molecule has 0 aromatic heterocycles. The highest BCUT2D eigenvalue weighted by Crippen LogP contribution is 2.51. The van der Waals surface area contributed by atoms with Crippen molar-refractivity contribution in [2.45, 2.75) is 13.3 Å². The molecule has 2 aliphatic carbocycles. The summed E-state index contributed by atoms with van der Waals surface area (Å²) in [6.45, 7) is 2.36. The summed E-state index contributed by atoms with van der Waals surface area (Å²) in [7, 11) is 0. The Morgan fingerprint density at radius 3 is 1.76 bits per heavy atom. The number of hydrogen-bond acceptors (Lipinski definition) is 0.